The van der Waals surface area contributed by atoms with Gasteiger partial charge in [0.1, 0.15) is 0 Å². The monoisotopic (exact) mass is 216 g/mol. The number of rotatable bonds is 8. The summed E-state index contributed by atoms with van der Waals surface area (Å²) in [4.78, 5) is 11.7. The Hall–Kier alpha value is -0.610. The molecule has 2 unspecified atom stereocenters. The van der Waals surface area contributed by atoms with Crippen LogP contribution in [0.1, 0.15) is 33.6 Å². The highest BCUT2D eigenvalue weighted by Gasteiger charge is 2.15. The molecule has 2 atom stereocenters. The van der Waals surface area contributed by atoms with E-state index >= 15 is 0 Å². The number of hydrogen-bond donors (Lipinski definition) is 3. The van der Waals surface area contributed by atoms with Gasteiger partial charge in [0.2, 0.25) is 5.91 Å². The van der Waals surface area contributed by atoms with E-state index < -0.39 is 0 Å². The lowest BCUT2D eigenvalue weighted by molar-refractivity contribution is -0.125. The molecular formula is C11H24N2O2. The molecule has 0 saturated carbocycles. The summed E-state index contributed by atoms with van der Waals surface area (Å²) in [5.74, 6) is 0.0499. The largest absolute Gasteiger partial charge is 0.396 e. The van der Waals surface area contributed by atoms with E-state index in [0.29, 0.717) is 13.0 Å². The van der Waals surface area contributed by atoms with Crippen LogP contribution >= 0.6 is 0 Å². The first-order valence-corrected chi connectivity index (χ1v) is 5.77. The minimum absolute atomic E-state index is 0.0160. The van der Waals surface area contributed by atoms with Crippen molar-refractivity contribution < 1.29 is 9.90 Å². The number of carbonyl (C=O) groups excluding carboxylic acids is 1. The van der Waals surface area contributed by atoms with E-state index in [1.54, 1.807) is 0 Å². The predicted molar refractivity (Wildman–Crippen MR) is 61.6 cm³/mol. The van der Waals surface area contributed by atoms with Crippen molar-refractivity contribution in [3.8, 4) is 0 Å². The van der Waals surface area contributed by atoms with E-state index in [0.717, 1.165) is 13.0 Å². The Balaban J connectivity index is 3.87. The molecule has 0 heterocycles. The molecule has 4 nitrogen and oxygen atoms in total. The summed E-state index contributed by atoms with van der Waals surface area (Å²) in [5, 5.41) is 14.9. The fraction of sp³-hybridized carbons (Fsp3) is 0.909. The Labute approximate surface area is 92.4 Å². The van der Waals surface area contributed by atoms with Crippen LogP contribution in [0.3, 0.4) is 0 Å². The van der Waals surface area contributed by atoms with Crippen molar-refractivity contribution in [2.75, 3.05) is 19.7 Å². The molecule has 90 valence electrons. The van der Waals surface area contributed by atoms with Crippen molar-refractivity contribution in [2.45, 2.75) is 39.7 Å². The molecule has 0 aliphatic rings. The van der Waals surface area contributed by atoms with Crippen LogP contribution in [-0.4, -0.2) is 36.8 Å². The van der Waals surface area contributed by atoms with Gasteiger partial charge in [0, 0.05) is 25.1 Å². The molecule has 0 aliphatic heterocycles. The summed E-state index contributed by atoms with van der Waals surface area (Å²) >= 11 is 0. The zero-order chi connectivity index (χ0) is 11.7. The first kappa shape index (κ1) is 14.4. The third-order valence-corrected chi connectivity index (χ3v) is 2.46. The van der Waals surface area contributed by atoms with Crippen LogP contribution in [0.5, 0.6) is 0 Å². The van der Waals surface area contributed by atoms with Gasteiger partial charge in [-0.15, -0.1) is 0 Å². The van der Waals surface area contributed by atoms with E-state index in [2.05, 4.69) is 10.6 Å². The maximum atomic E-state index is 11.7. The van der Waals surface area contributed by atoms with Crippen LogP contribution in [0.4, 0.5) is 0 Å². The van der Waals surface area contributed by atoms with Gasteiger partial charge < -0.3 is 15.7 Å². The summed E-state index contributed by atoms with van der Waals surface area (Å²) in [6, 6.07) is 0.103. The standard InChI is InChI=1S/C11H24N2O2/c1-4-10(6-7-14)13-11(15)9(3)8-12-5-2/h9-10,12,14H,4-8H2,1-3H3,(H,13,15). The number of amides is 1. The summed E-state index contributed by atoms with van der Waals surface area (Å²) in [6.45, 7) is 7.65. The number of aliphatic hydroxyl groups excluding tert-OH is 1. The Morgan fingerprint density at radius 3 is 2.53 bits per heavy atom. The maximum absolute atomic E-state index is 11.7. The van der Waals surface area contributed by atoms with Gasteiger partial charge in [-0.25, -0.2) is 0 Å². The second-order valence-electron chi connectivity index (χ2n) is 3.83. The molecule has 0 spiro atoms. The fourth-order valence-corrected chi connectivity index (χ4v) is 1.33. The van der Waals surface area contributed by atoms with Gasteiger partial charge in [0.15, 0.2) is 0 Å². The Bertz CT molecular complexity index is 174. The van der Waals surface area contributed by atoms with Gasteiger partial charge in [-0.05, 0) is 19.4 Å². The quantitative estimate of drug-likeness (QED) is 0.554. The molecule has 1 amide bonds. The van der Waals surface area contributed by atoms with Gasteiger partial charge >= 0.3 is 0 Å². The van der Waals surface area contributed by atoms with Crippen LogP contribution in [0.25, 0.3) is 0 Å². The van der Waals surface area contributed by atoms with Crippen LogP contribution < -0.4 is 10.6 Å². The average Bonchev–Trinajstić information content (AvgIpc) is 2.24. The van der Waals surface area contributed by atoms with Crippen molar-refractivity contribution in [3.63, 3.8) is 0 Å². The molecule has 0 bridgehead atoms. The van der Waals surface area contributed by atoms with E-state index in [4.69, 9.17) is 5.11 Å². The minimum Gasteiger partial charge on any atom is -0.396 e. The summed E-state index contributed by atoms with van der Waals surface area (Å²) in [5.41, 5.74) is 0. The molecule has 0 aromatic carbocycles. The highest BCUT2D eigenvalue weighted by atomic mass is 16.3. The topological polar surface area (TPSA) is 61.4 Å². The summed E-state index contributed by atoms with van der Waals surface area (Å²) in [7, 11) is 0. The van der Waals surface area contributed by atoms with Crippen molar-refractivity contribution >= 4 is 5.91 Å². The Morgan fingerprint density at radius 2 is 2.07 bits per heavy atom. The van der Waals surface area contributed by atoms with E-state index in [1.165, 1.54) is 0 Å². The lowest BCUT2D eigenvalue weighted by Crippen LogP contribution is -2.41. The fourth-order valence-electron chi connectivity index (χ4n) is 1.33. The van der Waals surface area contributed by atoms with Crippen molar-refractivity contribution in [3.05, 3.63) is 0 Å². The van der Waals surface area contributed by atoms with Gasteiger partial charge in [-0.3, -0.25) is 4.79 Å². The first-order chi connectivity index (χ1) is 7.15. The lowest BCUT2D eigenvalue weighted by Gasteiger charge is -2.19. The van der Waals surface area contributed by atoms with Crippen molar-refractivity contribution in [2.24, 2.45) is 5.92 Å². The molecule has 3 N–H and O–H groups in total. The zero-order valence-electron chi connectivity index (χ0n) is 10.0. The molecular weight excluding hydrogens is 192 g/mol. The summed E-state index contributed by atoms with van der Waals surface area (Å²) < 4.78 is 0. The molecule has 0 aliphatic carbocycles. The molecule has 0 radical (unpaired) electrons. The van der Waals surface area contributed by atoms with Crippen LogP contribution in [-0.2, 0) is 4.79 Å². The minimum atomic E-state index is -0.0160. The molecule has 0 saturated heterocycles. The number of aliphatic hydroxyl groups is 1. The normalized spacial score (nSPS) is 14.7. The molecule has 0 fully saturated rings. The van der Waals surface area contributed by atoms with E-state index in [9.17, 15) is 4.79 Å². The molecule has 15 heavy (non-hydrogen) atoms. The van der Waals surface area contributed by atoms with Crippen LogP contribution in [0.15, 0.2) is 0 Å². The van der Waals surface area contributed by atoms with Crippen LogP contribution in [0, 0.1) is 5.92 Å². The highest BCUT2D eigenvalue weighted by molar-refractivity contribution is 5.78. The third-order valence-electron chi connectivity index (χ3n) is 2.46. The van der Waals surface area contributed by atoms with E-state index in [1.807, 2.05) is 20.8 Å². The number of nitrogens with one attached hydrogen (secondary N) is 2. The van der Waals surface area contributed by atoms with Crippen molar-refractivity contribution in [1.82, 2.24) is 10.6 Å². The smallest absolute Gasteiger partial charge is 0.224 e. The third kappa shape index (κ3) is 6.47. The SMILES string of the molecule is CCNCC(C)C(=O)NC(CC)CCO. The predicted octanol–water partition coefficient (Wildman–Crippen LogP) is 0.509. The number of hydrogen-bond acceptors (Lipinski definition) is 3. The average molecular weight is 216 g/mol. The van der Waals surface area contributed by atoms with Gasteiger partial charge in [-0.2, -0.15) is 0 Å². The van der Waals surface area contributed by atoms with E-state index in [-0.39, 0.29) is 24.5 Å². The maximum Gasteiger partial charge on any atom is 0.224 e. The second-order valence-corrected chi connectivity index (χ2v) is 3.83. The zero-order valence-corrected chi connectivity index (χ0v) is 10.0. The van der Waals surface area contributed by atoms with Crippen LogP contribution in [0.2, 0.25) is 0 Å². The second kappa shape index (κ2) is 8.68. The highest BCUT2D eigenvalue weighted by Crippen LogP contribution is 2.00. The number of carbonyl (C=O) groups is 1. The van der Waals surface area contributed by atoms with Gasteiger partial charge in [0.25, 0.3) is 0 Å². The molecule has 0 aromatic heterocycles. The van der Waals surface area contributed by atoms with Gasteiger partial charge in [-0.1, -0.05) is 20.8 Å². The molecule has 0 aromatic rings. The Morgan fingerprint density at radius 1 is 1.40 bits per heavy atom. The summed E-state index contributed by atoms with van der Waals surface area (Å²) in [6.07, 6.45) is 1.50. The lowest BCUT2D eigenvalue weighted by atomic mass is 10.1. The molecule has 0 rings (SSSR count). The van der Waals surface area contributed by atoms with Crippen molar-refractivity contribution in [1.29, 1.82) is 0 Å². The van der Waals surface area contributed by atoms with Gasteiger partial charge in [0.05, 0.1) is 0 Å². The molecule has 4 heteroatoms. The first-order valence-electron chi connectivity index (χ1n) is 5.77. The Kier molecular flexibility index (Phi) is 8.33.